The molecule has 6 nitrogen and oxygen atoms in total. The molecule has 0 radical (unpaired) electrons. The second kappa shape index (κ2) is 11.1. The van der Waals surface area contributed by atoms with E-state index in [1.54, 1.807) is 0 Å². The molecular weight excluding hydrogens is 386 g/mol. The molecule has 0 bridgehead atoms. The van der Waals surface area contributed by atoms with Crippen molar-refractivity contribution >= 4 is 5.96 Å². The van der Waals surface area contributed by atoms with Crippen LogP contribution in [0.3, 0.4) is 0 Å². The minimum Gasteiger partial charge on any atom is -0.493 e. The van der Waals surface area contributed by atoms with Gasteiger partial charge in [0.1, 0.15) is 5.75 Å². The van der Waals surface area contributed by atoms with Gasteiger partial charge in [0.15, 0.2) is 5.96 Å². The zero-order valence-corrected chi connectivity index (χ0v) is 18.6. The highest BCUT2D eigenvalue weighted by Crippen LogP contribution is 2.30. The van der Waals surface area contributed by atoms with Crippen molar-refractivity contribution in [2.24, 2.45) is 10.9 Å². The van der Waals surface area contributed by atoms with Crippen LogP contribution < -0.4 is 15.4 Å². The summed E-state index contributed by atoms with van der Waals surface area (Å²) >= 11 is 0. The number of rotatable bonds is 9. The van der Waals surface area contributed by atoms with Crippen LogP contribution >= 0.6 is 0 Å². The van der Waals surface area contributed by atoms with E-state index in [1.807, 2.05) is 18.3 Å². The molecule has 2 heterocycles. The topological polar surface area (TPSA) is 61.8 Å². The lowest BCUT2D eigenvalue weighted by molar-refractivity contribution is 0.196. The molecule has 0 unspecified atom stereocenters. The maximum Gasteiger partial charge on any atom is 0.191 e. The maximum absolute atomic E-state index is 6.04. The van der Waals surface area contributed by atoms with Gasteiger partial charge in [-0.1, -0.05) is 24.3 Å². The van der Waals surface area contributed by atoms with Gasteiger partial charge in [-0.05, 0) is 56.7 Å². The van der Waals surface area contributed by atoms with Crippen molar-refractivity contribution in [3.05, 3.63) is 59.9 Å². The molecule has 166 valence electrons. The SMILES string of the molecule is CCNC(=NCc1ccccc1OCC1CC1)NC1CCN(Cc2ccccn2)CC1. The van der Waals surface area contributed by atoms with Gasteiger partial charge in [0.25, 0.3) is 0 Å². The molecule has 1 aromatic carbocycles. The smallest absolute Gasteiger partial charge is 0.191 e. The third kappa shape index (κ3) is 6.96. The number of piperidine rings is 1. The maximum atomic E-state index is 6.04. The number of aliphatic imine (C=N–C) groups is 1. The number of nitrogens with one attached hydrogen (secondary N) is 2. The van der Waals surface area contributed by atoms with Crippen LogP contribution in [0.5, 0.6) is 5.75 Å². The average molecular weight is 422 g/mol. The minimum atomic E-state index is 0.444. The van der Waals surface area contributed by atoms with Gasteiger partial charge in [0.2, 0.25) is 0 Å². The van der Waals surface area contributed by atoms with Crippen LogP contribution in [0.2, 0.25) is 0 Å². The van der Waals surface area contributed by atoms with Gasteiger partial charge in [-0.25, -0.2) is 4.99 Å². The summed E-state index contributed by atoms with van der Waals surface area (Å²) in [6.07, 6.45) is 6.69. The summed E-state index contributed by atoms with van der Waals surface area (Å²) in [5.41, 5.74) is 2.29. The molecule has 1 saturated heterocycles. The van der Waals surface area contributed by atoms with E-state index in [2.05, 4.69) is 57.8 Å². The Labute approximate surface area is 186 Å². The fourth-order valence-electron chi connectivity index (χ4n) is 3.90. The van der Waals surface area contributed by atoms with Crippen LogP contribution in [0, 0.1) is 5.92 Å². The van der Waals surface area contributed by atoms with Gasteiger partial charge >= 0.3 is 0 Å². The molecule has 6 heteroatoms. The van der Waals surface area contributed by atoms with Crippen LogP contribution in [0.4, 0.5) is 0 Å². The second-order valence-electron chi connectivity index (χ2n) is 8.57. The summed E-state index contributed by atoms with van der Waals surface area (Å²) < 4.78 is 6.04. The van der Waals surface area contributed by atoms with E-state index in [9.17, 15) is 0 Å². The Bertz CT molecular complexity index is 829. The van der Waals surface area contributed by atoms with Crippen molar-refractivity contribution in [1.29, 1.82) is 0 Å². The summed E-state index contributed by atoms with van der Waals surface area (Å²) in [6.45, 7) is 7.49. The number of nitrogens with zero attached hydrogens (tertiary/aromatic N) is 3. The first-order valence-electron chi connectivity index (χ1n) is 11.7. The third-order valence-corrected chi connectivity index (χ3v) is 5.94. The van der Waals surface area contributed by atoms with Crippen LogP contribution in [0.15, 0.2) is 53.7 Å². The molecule has 0 spiro atoms. The van der Waals surface area contributed by atoms with Gasteiger partial charge in [-0.3, -0.25) is 9.88 Å². The van der Waals surface area contributed by atoms with Gasteiger partial charge < -0.3 is 15.4 Å². The molecule has 4 rings (SSSR count). The van der Waals surface area contributed by atoms with Crippen molar-refractivity contribution in [2.45, 2.75) is 51.7 Å². The third-order valence-electron chi connectivity index (χ3n) is 5.94. The largest absolute Gasteiger partial charge is 0.493 e. The highest BCUT2D eigenvalue weighted by Gasteiger charge is 2.22. The van der Waals surface area contributed by atoms with Crippen molar-refractivity contribution in [3.63, 3.8) is 0 Å². The molecule has 1 aliphatic heterocycles. The Morgan fingerprint density at radius 1 is 1.10 bits per heavy atom. The lowest BCUT2D eigenvalue weighted by atomic mass is 10.0. The van der Waals surface area contributed by atoms with E-state index in [0.717, 1.165) is 74.5 Å². The van der Waals surface area contributed by atoms with Crippen LogP contribution in [-0.2, 0) is 13.1 Å². The molecule has 2 aliphatic rings. The van der Waals surface area contributed by atoms with Gasteiger partial charge in [-0.15, -0.1) is 0 Å². The van der Waals surface area contributed by atoms with E-state index < -0.39 is 0 Å². The zero-order chi connectivity index (χ0) is 21.3. The molecule has 1 aromatic heterocycles. The van der Waals surface area contributed by atoms with Crippen molar-refractivity contribution < 1.29 is 4.74 Å². The first-order valence-corrected chi connectivity index (χ1v) is 11.7. The van der Waals surface area contributed by atoms with E-state index in [-0.39, 0.29) is 0 Å². The molecule has 31 heavy (non-hydrogen) atoms. The van der Waals surface area contributed by atoms with E-state index in [4.69, 9.17) is 9.73 Å². The molecule has 0 amide bonds. The number of para-hydroxylation sites is 1. The first-order chi connectivity index (χ1) is 15.3. The summed E-state index contributed by atoms with van der Waals surface area (Å²) in [7, 11) is 0. The monoisotopic (exact) mass is 421 g/mol. The van der Waals surface area contributed by atoms with Gasteiger partial charge in [0.05, 0.1) is 18.8 Å². The summed E-state index contributed by atoms with van der Waals surface area (Å²) in [5.74, 6) is 2.61. The van der Waals surface area contributed by atoms with Crippen LogP contribution in [0.25, 0.3) is 0 Å². The number of pyridine rings is 1. The Kier molecular flexibility index (Phi) is 7.77. The predicted octanol–water partition coefficient (Wildman–Crippen LogP) is 3.59. The highest BCUT2D eigenvalue weighted by molar-refractivity contribution is 5.80. The minimum absolute atomic E-state index is 0.444. The van der Waals surface area contributed by atoms with Gasteiger partial charge in [0, 0.05) is 44.0 Å². The molecule has 2 N–H and O–H groups in total. The lowest BCUT2D eigenvalue weighted by Crippen LogP contribution is -2.48. The lowest BCUT2D eigenvalue weighted by Gasteiger charge is -2.32. The van der Waals surface area contributed by atoms with Crippen molar-refractivity contribution in [2.75, 3.05) is 26.2 Å². The summed E-state index contributed by atoms with van der Waals surface area (Å²) in [4.78, 5) is 11.8. The Morgan fingerprint density at radius 3 is 2.65 bits per heavy atom. The Hall–Kier alpha value is -2.60. The number of likely N-dealkylation sites (tertiary alicyclic amines) is 1. The van der Waals surface area contributed by atoms with Crippen molar-refractivity contribution in [3.8, 4) is 5.75 Å². The molecular formula is C25H35N5O. The number of aromatic nitrogens is 1. The number of hydrogen-bond donors (Lipinski definition) is 2. The quantitative estimate of drug-likeness (QED) is 0.479. The second-order valence-corrected chi connectivity index (χ2v) is 8.57. The van der Waals surface area contributed by atoms with Crippen LogP contribution in [-0.4, -0.2) is 48.1 Å². The summed E-state index contributed by atoms with van der Waals surface area (Å²) in [5, 5.41) is 7.05. The fourth-order valence-corrected chi connectivity index (χ4v) is 3.90. The number of ether oxygens (including phenoxy) is 1. The van der Waals surface area contributed by atoms with Crippen LogP contribution in [0.1, 0.15) is 43.9 Å². The molecule has 0 atom stereocenters. The zero-order valence-electron chi connectivity index (χ0n) is 18.6. The number of benzene rings is 1. The number of hydrogen-bond acceptors (Lipinski definition) is 4. The van der Waals surface area contributed by atoms with Crippen molar-refractivity contribution in [1.82, 2.24) is 20.5 Å². The predicted molar refractivity (Wildman–Crippen MR) is 125 cm³/mol. The van der Waals surface area contributed by atoms with E-state index in [0.29, 0.717) is 12.6 Å². The first kappa shape index (κ1) is 21.6. The standard InChI is InChI=1S/C25H35N5O/c1-2-26-25(28-17-21-7-3-4-9-24(21)31-19-20-10-11-20)29-22-12-15-30(16-13-22)18-23-8-5-6-14-27-23/h3-9,14,20,22H,2,10-13,15-19H2,1H3,(H2,26,28,29). The average Bonchev–Trinajstić information content (AvgIpc) is 3.63. The number of guanidine groups is 1. The van der Waals surface area contributed by atoms with Gasteiger partial charge in [-0.2, -0.15) is 0 Å². The normalized spacial score (nSPS) is 18.0. The Balaban J connectivity index is 1.28. The fraction of sp³-hybridized carbons (Fsp3) is 0.520. The van der Waals surface area contributed by atoms with E-state index >= 15 is 0 Å². The molecule has 2 fully saturated rings. The molecule has 2 aromatic rings. The Morgan fingerprint density at radius 2 is 1.90 bits per heavy atom. The molecule has 1 aliphatic carbocycles. The highest BCUT2D eigenvalue weighted by atomic mass is 16.5. The summed E-state index contributed by atoms with van der Waals surface area (Å²) in [6, 6.07) is 14.9. The van der Waals surface area contributed by atoms with E-state index in [1.165, 1.54) is 12.8 Å². The molecule has 1 saturated carbocycles.